The highest BCUT2D eigenvalue weighted by atomic mass is 79.9. The van der Waals surface area contributed by atoms with Crippen LogP contribution in [-0.4, -0.2) is 48.2 Å². The summed E-state index contributed by atoms with van der Waals surface area (Å²) < 4.78 is 5.51. The van der Waals surface area contributed by atoms with Crippen molar-refractivity contribution >= 4 is 34.5 Å². The first-order valence-corrected chi connectivity index (χ1v) is 12.9. The van der Waals surface area contributed by atoms with Crippen molar-refractivity contribution in [1.29, 1.82) is 0 Å². The Balaban J connectivity index is 1.61. The summed E-state index contributed by atoms with van der Waals surface area (Å²) in [6.45, 7) is 3.30. The van der Waals surface area contributed by atoms with E-state index in [0.29, 0.717) is 16.8 Å². The second-order valence-corrected chi connectivity index (χ2v) is 11.7. The summed E-state index contributed by atoms with van der Waals surface area (Å²) in [6.07, 6.45) is 5.20. The van der Waals surface area contributed by atoms with Gasteiger partial charge in [0.05, 0.1) is 6.61 Å². The van der Waals surface area contributed by atoms with Crippen molar-refractivity contribution in [2.24, 2.45) is 5.92 Å². The molecule has 4 atom stereocenters. The molecule has 0 aromatic heterocycles. The molecular weight excluding hydrogens is 429 g/mol. The molecular formula is C24H31BrNOP. The molecule has 0 radical (unpaired) electrons. The summed E-state index contributed by atoms with van der Waals surface area (Å²) in [4.78, 5) is 3.34. The van der Waals surface area contributed by atoms with Crippen LogP contribution in [0.1, 0.15) is 25.7 Å². The lowest BCUT2D eigenvalue weighted by Gasteiger charge is -2.35. The van der Waals surface area contributed by atoms with Gasteiger partial charge < -0.3 is 4.74 Å². The first kappa shape index (κ1) is 20.5. The van der Waals surface area contributed by atoms with E-state index >= 15 is 0 Å². The van der Waals surface area contributed by atoms with Crippen LogP contribution < -0.4 is 10.6 Å². The fourth-order valence-electron chi connectivity index (χ4n) is 5.05. The zero-order valence-electron chi connectivity index (χ0n) is 16.7. The molecule has 1 aliphatic heterocycles. The topological polar surface area (TPSA) is 12.5 Å². The monoisotopic (exact) mass is 459 g/mol. The Morgan fingerprint density at radius 3 is 2.21 bits per heavy atom. The van der Waals surface area contributed by atoms with Gasteiger partial charge in [-0.15, -0.1) is 0 Å². The second-order valence-electron chi connectivity index (χ2n) is 8.11. The minimum absolute atomic E-state index is 0.348. The molecule has 1 saturated carbocycles. The van der Waals surface area contributed by atoms with Crippen molar-refractivity contribution in [2.45, 2.75) is 42.2 Å². The van der Waals surface area contributed by atoms with Gasteiger partial charge in [-0.1, -0.05) is 76.6 Å². The zero-order valence-corrected chi connectivity index (χ0v) is 19.2. The van der Waals surface area contributed by atoms with E-state index in [4.69, 9.17) is 4.74 Å². The van der Waals surface area contributed by atoms with E-state index < -0.39 is 0 Å². The number of ether oxygens (including phenoxy) is 1. The third-order valence-electron chi connectivity index (χ3n) is 6.40. The second kappa shape index (κ2) is 9.85. The lowest BCUT2D eigenvalue weighted by atomic mass is 10.1. The Hall–Kier alpha value is -0.730. The standard InChI is InChI=1S/C24H31BrNOP/c1-27-18-19-9-8-16-26(19)17-22-23(25)14-15-24(22)28(20-10-4-2-5-11-20)21-12-6-3-7-13-21/h2-7,10-13,19,22-24H,8-9,14-18H2,1H3. The average molecular weight is 460 g/mol. The predicted octanol–water partition coefficient (Wildman–Crippen LogP) is 4.77. The highest BCUT2D eigenvalue weighted by Crippen LogP contribution is 2.52. The molecule has 4 unspecified atom stereocenters. The maximum Gasteiger partial charge on any atom is 0.0618 e. The SMILES string of the molecule is COCC1CCCN1CC1C(Br)CCC1P(c1ccccc1)c1ccccc1. The van der Waals surface area contributed by atoms with Crippen LogP contribution in [0.15, 0.2) is 60.7 Å². The Bertz CT molecular complexity index is 688. The summed E-state index contributed by atoms with van der Waals surface area (Å²) in [7, 11) is 1.49. The van der Waals surface area contributed by atoms with Crippen LogP contribution in [0.5, 0.6) is 0 Å². The van der Waals surface area contributed by atoms with Gasteiger partial charge in [-0.25, -0.2) is 0 Å². The third-order valence-corrected chi connectivity index (χ3v) is 10.6. The van der Waals surface area contributed by atoms with Gasteiger partial charge in [0.1, 0.15) is 0 Å². The number of likely N-dealkylation sites (tertiary alicyclic amines) is 1. The van der Waals surface area contributed by atoms with Crippen LogP contribution in [0.3, 0.4) is 0 Å². The van der Waals surface area contributed by atoms with Gasteiger partial charge in [0.2, 0.25) is 0 Å². The number of hydrogen-bond acceptors (Lipinski definition) is 2. The van der Waals surface area contributed by atoms with Crippen molar-refractivity contribution in [3.05, 3.63) is 60.7 Å². The summed E-state index contributed by atoms with van der Waals surface area (Å²) in [6, 6.07) is 23.1. The Kier molecular flexibility index (Phi) is 7.22. The lowest BCUT2D eigenvalue weighted by molar-refractivity contribution is 0.107. The van der Waals surface area contributed by atoms with Gasteiger partial charge in [0, 0.05) is 24.5 Å². The smallest absolute Gasteiger partial charge is 0.0618 e. The van der Waals surface area contributed by atoms with E-state index in [2.05, 4.69) is 81.5 Å². The number of rotatable bonds is 7. The molecule has 2 fully saturated rings. The van der Waals surface area contributed by atoms with Crippen LogP contribution in [0.25, 0.3) is 0 Å². The molecule has 2 nitrogen and oxygen atoms in total. The van der Waals surface area contributed by atoms with Crippen molar-refractivity contribution in [3.63, 3.8) is 0 Å². The quantitative estimate of drug-likeness (QED) is 0.436. The summed E-state index contributed by atoms with van der Waals surface area (Å²) >= 11 is 4.08. The minimum Gasteiger partial charge on any atom is -0.383 e. The van der Waals surface area contributed by atoms with Crippen LogP contribution in [0, 0.1) is 5.92 Å². The molecule has 4 rings (SSSR count). The molecule has 150 valence electrons. The predicted molar refractivity (Wildman–Crippen MR) is 125 cm³/mol. The third kappa shape index (κ3) is 4.54. The molecule has 2 aromatic carbocycles. The molecule has 4 heteroatoms. The fourth-order valence-corrected chi connectivity index (χ4v) is 9.23. The Labute approximate surface area is 179 Å². The van der Waals surface area contributed by atoms with Gasteiger partial charge in [-0.2, -0.15) is 0 Å². The molecule has 28 heavy (non-hydrogen) atoms. The van der Waals surface area contributed by atoms with E-state index in [1.165, 1.54) is 49.4 Å². The average Bonchev–Trinajstić information content (AvgIpc) is 3.32. The molecule has 0 N–H and O–H groups in total. The molecule has 2 aliphatic rings. The van der Waals surface area contributed by atoms with E-state index in [1.54, 1.807) is 0 Å². The summed E-state index contributed by atoms with van der Waals surface area (Å²) in [5, 5.41) is 3.05. The largest absolute Gasteiger partial charge is 0.383 e. The zero-order chi connectivity index (χ0) is 19.3. The molecule has 1 heterocycles. The molecule has 1 saturated heterocycles. The maximum absolute atomic E-state index is 5.51. The van der Waals surface area contributed by atoms with Gasteiger partial charge in [-0.05, 0) is 62.3 Å². The van der Waals surface area contributed by atoms with Crippen molar-refractivity contribution in [3.8, 4) is 0 Å². The lowest BCUT2D eigenvalue weighted by Crippen LogP contribution is -2.41. The minimum atomic E-state index is -0.348. The Morgan fingerprint density at radius 1 is 0.964 bits per heavy atom. The molecule has 0 amide bonds. The van der Waals surface area contributed by atoms with Crippen molar-refractivity contribution in [2.75, 3.05) is 26.8 Å². The number of nitrogens with zero attached hydrogens (tertiary/aromatic N) is 1. The van der Waals surface area contributed by atoms with Gasteiger partial charge in [0.15, 0.2) is 0 Å². The van der Waals surface area contributed by atoms with Crippen LogP contribution >= 0.6 is 23.9 Å². The van der Waals surface area contributed by atoms with Crippen LogP contribution in [-0.2, 0) is 4.74 Å². The number of methoxy groups -OCH3 is 1. The highest BCUT2D eigenvalue weighted by molar-refractivity contribution is 9.09. The fraction of sp³-hybridized carbons (Fsp3) is 0.500. The summed E-state index contributed by atoms with van der Waals surface area (Å²) in [5.41, 5.74) is 0.730. The number of hydrogen-bond donors (Lipinski definition) is 0. The normalized spacial score (nSPS) is 28.2. The van der Waals surface area contributed by atoms with Crippen LogP contribution in [0.2, 0.25) is 0 Å². The van der Waals surface area contributed by atoms with Gasteiger partial charge in [0.25, 0.3) is 0 Å². The van der Waals surface area contributed by atoms with E-state index in [9.17, 15) is 0 Å². The first-order valence-electron chi connectivity index (χ1n) is 10.5. The van der Waals surface area contributed by atoms with E-state index in [-0.39, 0.29) is 7.92 Å². The molecule has 1 aliphatic carbocycles. The van der Waals surface area contributed by atoms with Crippen molar-refractivity contribution < 1.29 is 4.74 Å². The first-order chi connectivity index (χ1) is 13.8. The van der Waals surface area contributed by atoms with Gasteiger partial charge >= 0.3 is 0 Å². The number of alkyl halides is 1. The van der Waals surface area contributed by atoms with Crippen molar-refractivity contribution in [1.82, 2.24) is 4.90 Å². The summed E-state index contributed by atoms with van der Waals surface area (Å²) in [5.74, 6) is 0.698. The van der Waals surface area contributed by atoms with E-state index in [0.717, 1.165) is 12.3 Å². The van der Waals surface area contributed by atoms with Gasteiger partial charge in [-0.3, -0.25) is 4.90 Å². The van der Waals surface area contributed by atoms with Crippen LogP contribution in [0.4, 0.5) is 0 Å². The highest BCUT2D eigenvalue weighted by Gasteiger charge is 2.42. The van der Waals surface area contributed by atoms with E-state index in [1.807, 2.05) is 7.11 Å². The number of halogens is 1. The number of benzene rings is 2. The Morgan fingerprint density at radius 2 is 1.61 bits per heavy atom. The molecule has 0 bridgehead atoms. The maximum atomic E-state index is 5.51. The molecule has 2 aromatic rings. The molecule has 0 spiro atoms.